The molecule has 1 saturated carbocycles. The molecule has 0 saturated heterocycles. The number of benzene rings is 1. The number of hydrogen-bond acceptors (Lipinski definition) is 2. The van der Waals surface area contributed by atoms with Crippen molar-refractivity contribution >= 4 is 16.8 Å². The van der Waals surface area contributed by atoms with Gasteiger partial charge in [-0.25, -0.2) is 0 Å². The molecule has 124 valence electrons. The first kappa shape index (κ1) is 15.0. The Morgan fingerprint density at radius 1 is 1.29 bits per heavy atom. The summed E-state index contributed by atoms with van der Waals surface area (Å²) in [6, 6.07) is 10.5. The number of carbonyl (C=O) groups is 1. The monoisotopic (exact) mass is 322 g/mol. The van der Waals surface area contributed by atoms with Crippen LogP contribution in [0.3, 0.4) is 0 Å². The molecule has 0 radical (unpaired) electrons. The van der Waals surface area contributed by atoms with Gasteiger partial charge >= 0.3 is 0 Å². The highest BCUT2D eigenvalue weighted by atomic mass is 16.2. The third-order valence-corrected chi connectivity index (χ3v) is 5.17. The molecular weight excluding hydrogens is 300 g/mol. The van der Waals surface area contributed by atoms with Crippen LogP contribution in [0.25, 0.3) is 10.9 Å². The molecule has 2 N–H and O–H groups in total. The summed E-state index contributed by atoms with van der Waals surface area (Å²) in [7, 11) is 1.79. The number of hydrogen-bond donors (Lipinski definition) is 2. The molecule has 1 aliphatic carbocycles. The number of nitrogens with one attached hydrogen (secondary N) is 2. The second-order valence-electron chi connectivity index (χ2n) is 6.73. The number of fused-ring (bicyclic) bond motifs is 1. The van der Waals surface area contributed by atoms with Gasteiger partial charge in [-0.15, -0.1) is 0 Å². The Labute approximate surface area is 141 Å². The first-order valence-electron chi connectivity index (χ1n) is 8.49. The van der Waals surface area contributed by atoms with Gasteiger partial charge in [0.25, 0.3) is 5.91 Å². The van der Waals surface area contributed by atoms with Crippen LogP contribution >= 0.6 is 0 Å². The Balaban J connectivity index is 1.51. The molecule has 1 aromatic carbocycles. The second-order valence-corrected chi connectivity index (χ2v) is 6.73. The van der Waals surface area contributed by atoms with E-state index in [9.17, 15) is 4.79 Å². The fourth-order valence-corrected chi connectivity index (χ4v) is 4.06. The van der Waals surface area contributed by atoms with Gasteiger partial charge in [0, 0.05) is 35.9 Å². The number of H-pyrrole nitrogens is 1. The molecule has 0 spiro atoms. The molecule has 3 aromatic rings. The maximum atomic E-state index is 12.4. The Hall–Kier alpha value is -2.56. The lowest BCUT2D eigenvalue weighted by atomic mass is 9.94. The van der Waals surface area contributed by atoms with Crippen molar-refractivity contribution in [3.63, 3.8) is 0 Å². The fourth-order valence-electron chi connectivity index (χ4n) is 4.06. The van der Waals surface area contributed by atoms with E-state index in [-0.39, 0.29) is 11.9 Å². The van der Waals surface area contributed by atoms with Crippen molar-refractivity contribution in [3.05, 3.63) is 53.5 Å². The molecule has 2 heterocycles. The number of amides is 1. The van der Waals surface area contributed by atoms with Crippen molar-refractivity contribution in [3.8, 4) is 0 Å². The smallest absolute Gasteiger partial charge is 0.269 e. The number of nitrogens with zero attached hydrogens (tertiary/aromatic N) is 2. The molecule has 1 fully saturated rings. The third-order valence-electron chi connectivity index (χ3n) is 5.17. The van der Waals surface area contributed by atoms with Gasteiger partial charge in [0.2, 0.25) is 0 Å². The molecule has 5 nitrogen and oxygen atoms in total. The van der Waals surface area contributed by atoms with E-state index >= 15 is 0 Å². The van der Waals surface area contributed by atoms with E-state index in [4.69, 9.17) is 0 Å². The zero-order valence-corrected chi connectivity index (χ0v) is 14.0. The van der Waals surface area contributed by atoms with E-state index in [0.717, 1.165) is 19.3 Å². The molecule has 2 aromatic heterocycles. The third kappa shape index (κ3) is 2.50. The summed E-state index contributed by atoms with van der Waals surface area (Å²) in [6.07, 6.45) is 4.78. The van der Waals surface area contributed by atoms with Gasteiger partial charge in [0.15, 0.2) is 0 Å². The van der Waals surface area contributed by atoms with Crippen molar-refractivity contribution < 1.29 is 4.79 Å². The van der Waals surface area contributed by atoms with Crippen LogP contribution in [0, 0.1) is 6.92 Å². The standard InChI is InChI=1S/C19H22N4O/c1-12-18(15-5-3-4-6-16(15)21-12)13-7-8-14(11-13)22-19(24)17-9-10-20-23(17)2/h3-6,9-10,13-14,21H,7-8,11H2,1-2H3,(H,22,24)/t13-,14+/m0/s1. The summed E-state index contributed by atoms with van der Waals surface area (Å²) in [4.78, 5) is 15.9. The lowest BCUT2D eigenvalue weighted by molar-refractivity contribution is 0.0928. The summed E-state index contributed by atoms with van der Waals surface area (Å²) < 4.78 is 1.62. The van der Waals surface area contributed by atoms with E-state index in [1.54, 1.807) is 24.0 Å². The maximum absolute atomic E-state index is 12.4. The van der Waals surface area contributed by atoms with Crippen LogP contribution in [0.5, 0.6) is 0 Å². The minimum atomic E-state index is -0.0312. The van der Waals surface area contributed by atoms with Crippen molar-refractivity contribution in [2.75, 3.05) is 0 Å². The van der Waals surface area contributed by atoms with Gasteiger partial charge in [0.05, 0.1) is 0 Å². The predicted octanol–water partition coefficient (Wildman–Crippen LogP) is 3.28. The molecular formula is C19H22N4O. The zero-order valence-electron chi connectivity index (χ0n) is 14.0. The summed E-state index contributed by atoms with van der Waals surface area (Å²) in [6.45, 7) is 2.15. The highest BCUT2D eigenvalue weighted by Crippen LogP contribution is 2.39. The Bertz CT molecular complexity index is 892. The number of aryl methyl sites for hydroxylation is 2. The number of rotatable bonds is 3. The van der Waals surface area contributed by atoms with Gasteiger partial charge in [-0.1, -0.05) is 18.2 Å². The van der Waals surface area contributed by atoms with Crippen LogP contribution in [0.15, 0.2) is 36.5 Å². The zero-order chi connectivity index (χ0) is 16.7. The van der Waals surface area contributed by atoms with Crippen molar-refractivity contribution in [2.45, 2.75) is 38.1 Å². The van der Waals surface area contributed by atoms with Crippen molar-refractivity contribution in [1.82, 2.24) is 20.1 Å². The number of aromatic nitrogens is 3. The first-order chi connectivity index (χ1) is 11.6. The average Bonchev–Trinajstić information content (AvgIpc) is 3.25. The molecule has 0 aliphatic heterocycles. The van der Waals surface area contributed by atoms with Gasteiger partial charge in [-0.05, 0) is 49.8 Å². The number of carbonyl (C=O) groups excluding carboxylic acids is 1. The summed E-state index contributed by atoms with van der Waals surface area (Å²) in [5.74, 6) is 0.467. The van der Waals surface area contributed by atoms with Gasteiger partial charge < -0.3 is 10.3 Å². The van der Waals surface area contributed by atoms with Crippen LogP contribution in [0.4, 0.5) is 0 Å². The van der Waals surface area contributed by atoms with Crippen LogP contribution in [-0.2, 0) is 7.05 Å². The SMILES string of the molecule is Cc1[nH]c2ccccc2c1[C@H]1CC[C@@H](NC(=O)c2ccnn2C)C1. The lowest BCUT2D eigenvalue weighted by Crippen LogP contribution is -2.34. The fraction of sp³-hybridized carbons (Fsp3) is 0.368. The van der Waals surface area contributed by atoms with Gasteiger partial charge in [-0.2, -0.15) is 5.10 Å². The molecule has 24 heavy (non-hydrogen) atoms. The molecule has 0 bridgehead atoms. The van der Waals surface area contributed by atoms with Crippen molar-refractivity contribution in [1.29, 1.82) is 0 Å². The minimum absolute atomic E-state index is 0.0312. The van der Waals surface area contributed by atoms with E-state index < -0.39 is 0 Å². The van der Waals surface area contributed by atoms with Crippen LogP contribution in [0.2, 0.25) is 0 Å². The van der Waals surface area contributed by atoms with Gasteiger partial charge in [-0.3, -0.25) is 9.48 Å². The highest BCUT2D eigenvalue weighted by Gasteiger charge is 2.30. The molecule has 1 aliphatic rings. The molecule has 4 rings (SSSR count). The van der Waals surface area contributed by atoms with E-state index in [1.807, 2.05) is 0 Å². The summed E-state index contributed by atoms with van der Waals surface area (Å²) in [5, 5.41) is 8.56. The first-order valence-corrected chi connectivity index (χ1v) is 8.49. The number of aromatic amines is 1. The highest BCUT2D eigenvalue weighted by molar-refractivity contribution is 5.92. The molecule has 2 atom stereocenters. The van der Waals surface area contributed by atoms with E-state index in [2.05, 4.69) is 46.6 Å². The predicted molar refractivity (Wildman–Crippen MR) is 94.1 cm³/mol. The minimum Gasteiger partial charge on any atom is -0.358 e. The summed E-state index contributed by atoms with van der Waals surface area (Å²) in [5.41, 5.74) is 4.48. The van der Waals surface area contributed by atoms with Crippen molar-refractivity contribution in [2.24, 2.45) is 7.05 Å². The molecule has 1 amide bonds. The van der Waals surface area contributed by atoms with Gasteiger partial charge in [0.1, 0.15) is 5.69 Å². The van der Waals surface area contributed by atoms with E-state index in [1.165, 1.54) is 22.2 Å². The Morgan fingerprint density at radius 3 is 2.92 bits per heavy atom. The molecule has 5 heteroatoms. The maximum Gasteiger partial charge on any atom is 0.269 e. The van der Waals surface area contributed by atoms with Crippen LogP contribution < -0.4 is 5.32 Å². The average molecular weight is 322 g/mol. The van der Waals surface area contributed by atoms with Crippen LogP contribution in [-0.4, -0.2) is 26.7 Å². The Kier molecular flexibility index (Phi) is 3.63. The Morgan fingerprint density at radius 2 is 2.12 bits per heavy atom. The van der Waals surface area contributed by atoms with Crippen LogP contribution in [0.1, 0.15) is 46.9 Å². The van der Waals surface area contributed by atoms with E-state index in [0.29, 0.717) is 11.6 Å². The number of para-hydroxylation sites is 1. The second kappa shape index (κ2) is 5.82. The largest absolute Gasteiger partial charge is 0.358 e. The lowest BCUT2D eigenvalue weighted by Gasteiger charge is -2.14. The quantitative estimate of drug-likeness (QED) is 0.777. The summed E-state index contributed by atoms with van der Waals surface area (Å²) >= 11 is 0. The molecule has 0 unspecified atom stereocenters. The topological polar surface area (TPSA) is 62.7 Å². The normalized spacial score (nSPS) is 20.6.